The van der Waals surface area contributed by atoms with Crippen LogP contribution in [0, 0.1) is 0 Å². The molecule has 1 unspecified atom stereocenters. The molecule has 1 aromatic rings. The van der Waals surface area contributed by atoms with Crippen LogP contribution in [0.4, 0.5) is 5.82 Å². The predicted octanol–water partition coefficient (Wildman–Crippen LogP) is 2.27. The zero-order valence-corrected chi connectivity index (χ0v) is 10.8. The third-order valence-electron chi connectivity index (χ3n) is 2.45. The number of halogens is 1. The normalized spacial score (nSPS) is 12.8. The van der Waals surface area contributed by atoms with Gasteiger partial charge in [-0.2, -0.15) is 0 Å². The van der Waals surface area contributed by atoms with E-state index in [1.807, 2.05) is 6.07 Å². The predicted molar refractivity (Wildman–Crippen MR) is 67.9 cm³/mol. The first-order valence-corrected chi connectivity index (χ1v) is 6.01. The Labute approximate surface area is 102 Å². The van der Waals surface area contributed by atoms with Crippen molar-refractivity contribution in [1.29, 1.82) is 0 Å². The van der Waals surface area contributed by atoms with E-state index in [1.54, 1.807) is 6.20 Å². The van der Waals surface area contributed by atoms with Gasteiger partial charge in [-0.25, -0.2) is 9.97 Å². The zero-order chi connectivity index (χ0) is 12.0. The molecule has 90 valence electrons. The first kappa shape index (κ1) is 13.2. The van der Waals surface area contributed by atoms with E-state index in [0.29, 0.717) is 6.04 Å². The van der Waals surface area contributed by atoms with Gasteiger partial charge in [-0.3, -0.25) is 0 Å². The minimum Gasteiger partial charge on any atom is -0.366 e. The van der Waals surface area contributed by atoms with Crippen LogP contribution in [0.2, 0.25) is 5.28 Å². The van der Waals surface area contributed by atoms with Crippen LogP contribution in [-0.2, 0) is 0 Å². The first-order chi connectivity index (χ1) is 7.65. The van der Waals surface area contributed by atoms with E-state index in [-0.39, 0.29) is 5.28 Å². The Morgan fingerprint density at radius 3 is 2.69 bits per heavy atom. The van der Waals surface area contributed by atoms with E-state index < -0.39 is 0 Å². The van der Waals surface area contributed by atoms with Gasteiger partial charge < -0.3 is 10.2 Å². The molecule has 0 aromatic carbocycles. The van der Waals surface area contributed by atoms with E-state index >= 15 is 0 Å². The summed E-state index contributed by atoms with van der Waals surface area (Å²) in [7, 11) is 0. The smallest absolute Gasteiger partial charge is 0.224 e. The van der Waals surface area contributed by atoms with Crippen molar-refractivity contribution < 1.29 is 0 Å². The molecule has 0 saturated carbocycles. The van der Waals surface area contributed by atoms with E-state index in [9.17, 15) is 0 Å². The van der Waals surface area contributed by atoms with Gasteiger partial charge in [0.1, 0.15) is 5.82 Å². The fourth-order valence-corrected chi connectivity index (χ4v) is 1.73. The second kappa shape index (κ2) is 6.66. The average Bonchev–Trinajstić information content (AvgIpc) is 2.26. The number of nitrogens with one attached hydrogen (secondary N) is 1. The molecular weight excluding hydrogens is 224 g/mol. The highest BCUT2D eigenvalue weighted by molar-refractivity contribution is 6.28. The molecule has 1 heterocycles. The van der Waals surface area contributed by atoms with Gasteiger partial charge in [0.2, 0.25) is 5.28 Å². The monoisotopic (exact) mass is 242 g/mol. The first-order valence-electron chi connectivity index (χ1n) is 5.63. The molecular formula is C11H19ClN4. The summed E-state index contributed by atoms with van der Waals surface area (Å²) < 4.78 is 0. The third-order valence-corrected chi connectivity index (χ3v) is 2.63. The molecule has 1 aromatic heterocycles. The number of hydrogen-bond donors (Lipinski definition) is 1. The minimum atomic E-state index is 0.278. The van der Waals surface area contributed by atoms with Crippen molar-refractivity contribution in [2.75, 3.05) is 25.0 Å². The molecule has 0 amide bonds. The van der Waals surface area contributed by atoms with Gasteiger partial charge in [0.25, 0.3) is 0 Å². The van der Waals surface area contributed by atoms with Crippen LogP contribution in [-0.4, -0.2) is 40.5 Å². The van der Waals surface area contributed by atoms with E-state index in [2.05, 4.69) is 41.0 Å². The molecule has 16 heavy (non-hydrogen) atoms. The lowest BCUT2D eigenvalue weighted by molar-refractivity contribution is 0.294. The van der Waals surface area contributed by atoms with Gasteiger partial charge in [0.15, 0.2) is 0 Å². The van der Waals surface area contributed by atoms with Crippen molar-refractivity contribution in [3.63, 3.8) is 0 Å². The molecule has 0 aliphatic heterocycles. The van der Waals surface area contributed by atoms with Crippen LogP contribution in [0.1, 0.15) is 20.8 Å². The number of hydrogen-bond acceptors (Lipinski definition) is 4. The highest BCUT2D eigenvalue weighted by Gasteiger charge is 2.07. The van der Waals surface area contributed by atoms with Crippen LogP contribution in [0.3, 0.4) is 0 Å². The Kier molecular flexibility index (Phi) is 5.49. The fraction of sp³-hybridized carbons (Fsp3) is 0.636. The summed E-state index contributed by atoms with van der Waals surface area (Å²) in [5.41, 5.74) is 0. The summed E-state index contributed by atoms with van der Waals surface area (Å²) in [6.07, 6.45) is 1.65. The Balaban J connectivity index is 2.47. The van der Waals surface area contributed by atoms with Gasteiger partial charge in [-0.15, -0.1) is 0 Å². The fourth-order valence-electron chi connectivity index (χ4n) is 1.58. The zero-order valence-electron chi connectivity index (χ0n) is 10.1. The Morgan fingerprint density at radius 2 is 2.12 bits per heavy atom. The van der Waals surface area contributed by atoms with E-state index in [0.717, 1.165) is 25.5 Å². The lowest BCUT2D eigenvalue weighted by atomic mass is 10.3. The van der Waals surface area contributed by atoms with Crippen LogP contribution in [0.15, 0.2) is 12.3 Å². The van der Waals surface area contributed by atoms with E-state index in [1.165, 1.54) is 0 Å². The maximum Gasteiger partial charge on any atom is 0.224 e. The van der Waals surface area contributed by atoms with Gasteiger partial charge in [-0.1, -0.05) is 13.8 Å². The molecule has 0 spiro atoms. The number of rotatable bonds is 6. The van der Waals surface area contributed by atoms with Gasteiger partial charge >= 0.3 is 0 Å². The van der Waals surface area contributed by atoms with Crippen molar-refractivity contribution in [1.82, 2.24) is 14.9 Å². The molecule has 1 N–H and O–H groups in total. The van der Waals surface area contributed by atoms with Crippen molar-refractivity contribution in [2.45, 2.75) is 26.8 Å². The molecule has 0 aliphatic carbocycles. The number of anilines is 1. The van der Waals surface area contributed by atoms with Gasteiger partial charge in [0, 0.05) is 18.8 Å². The highest BCUT2D eigenvalue weighted by atomic mass is 35.5. The molecule has 1 atom stereocenters. The van der Waals surface area contributed by atoms with Gasteiger partial charge in [-0.05, 0) is 37.7 Å². The maximum absolute atomic E-state index is 5.72. The quantitative estimate of drug-likeness (QED) is 0.777. The summed E-state index contributed by atoms with van der Waals surface area (Å²) in [5.74, 6) is 0.777. The van der Waals surface area contributed by atoms with Crippen molar-refractivity contribution in [2.24, 2.45) is 0 Å². The SMILES string of the molecule is CCN(CC)CC(C)Nc1ccnc(Cl)n1. The minimum absolute atomic E-state index is 0.278. The second-order valence-corrected chi connectivity index (χ2v) is 4.08. The molecule has 0 bridgehead atoms. The van der Waals surface area contributed by atoms with Crippen molar-refractivity contribution >= 4 is 17.4 Å². The average molecular weight is 243 g/mol. The summed E-state index contributed by atoms with van der Waals surface area (Å²) in [6.45, 7) is 9.58. The lowest BCUT2D eigenvalue weighted by Crippen LogP contribution is -2.34. The lowest BCUT2D eigenvalue weighted by Gasteiger charge is -2.23. The Bertz CT molecular complexity index is 315. The Hall–Kier alpha value is -0.870. The second-order valence-electron chi connectivity index (χ2n) is 3.74. The van der Waals surface area contributed by atoms with Crippen molar-refractivity contribution in [3.05, 3.63) is 17.5 Å². The topological polar surface area (TPSA) is 41.0 Å². The Morgan fingerprint density at radius 1 is 1.44 bits per heavy atom. The van der Waals surface area contributed by atoms with Gasteiger partial charge in [0.05, 0.1) is 0 Å². The van der Waals surface area contributed by atoms with Crippen LogP contribution in [0.5, 0.6) is 0 Å². The largest absolute Gasteiger partial charge is 0.366 e. The molecule has 0 fully saturated rings. The highest BCUT2D eigenvalue weighted by Crippen LogP contribution is 2.07. The van der Waals surface area contributed by atoms with Crippen LogP contribution >= 0.6 is 11.6 Å². The molecule has 0 aliphatic rings. The maximum atomic E-state index is 5.72. The standard InChI is InChI=1S/C11H19ClN4/c1-4-16(5-2)8-9(3)14-10-6-7-13-11(12)15-10/h6-7,9H,4-5,8H2,1-3H3,(H,13,14,15). The van der Waals surface area contributed by atoms with Crippen LogP contribution in [0.25, 0.3) is 0 Å². The number of aromatic nitrogens is 2. The molecule has 1 rings (SSSR count). The van der Waals surface area contributed by atoms with Crippen molar-refractivity contribution in [3.8, 4) is 0 Å². The summed E-state index contributed by atoms with van der Waals surface area (Å²) in [6, 6.07) is 2.16. The number of likely N-dealkylation sites (N-methyl/N-ethyl adjacent to an activating group) is 1. The molecule has 0 saturated heterocycles. The molecule has 0 radical (unpaired) electrons. The van der Waals surface area contributed by atoms with Crippen LogP contribution < -0.4 is 5.32 Å². The summed E-state index contributed by atoms with van der Waals surface area (Å²) in [5, 5.41) is 3.58. The van der Waals surface area contributed by atoms with E-state index in [4.69, 9.17) is 11.6 Å². The molecule has 5 heteroatoms. The summed E-state index contributed by atoms with van der Waals surface area (Å²) in [4.78, 5) is 10.3. The summed E-state index contributed by atoms with van der Waals surface area (Å²) >= 11 is 5.72. The third kappa shape index (κ3) is 4.33. The number of nitrogens with zero attached hydrogens (tertiary/aromatic N) is 3. The molecule has 4 nitrogen and oxygen atoms in total.